The molecule has 0 bridgehead atoms. The Balaban J connectivity index is 1.03. The van der Waals surface area contributed by atoms with Gasteiger partial charge in [0.2, 0.25) is 11.5 Å². The molecule has 270 valence electrons. The second kappa shape index (κ2) is 15.1. The van der Waals surface area contributed by atoms with Crippen molar-refractivity contribution < 1.29 is 28.2 Å². The van der Waals surface area contributed by atoms with Gasteiger partial charge in [-0.3, -0.25) is 14.6 Å². The number of hydrogen-bond acceptors (Lipinski definition) is 8. The number of likely N-dealkylation sites (tertiary alicyclic amines) is 2. The molecule has 0 N–H and O–H groups in total. The van der Waals surface area contributed by atoms with Crippen molar-refractivity contribution in [3.63, 3.8) is 0 Å². The van der Waals surface area contributed by atoms with E-state index in [-0.39, 0.29) is 28.8 Å². The third kappa shape index (κ3) is 6.97. The highest BCUT2D eigenvalue weighted by atomic mass is 19.1. The number of nitrogens with zero attached hydrogens (tertiary/aromatic N) is 5. The highest BCUT2D eigenvalue weighted by Gasteiger charge is 2.42. The molecule has 5 aromatic rings. The first-order valence-corrected chi connectivity index (χ1v) is 17.8. The van der Waals surface area contributed by atoms with Gasteiger partial charge in [0, 0.05) is 48.9 Å². The van der Waals surface area contributed by atoms with Crippen LogP contribution in [0.5, 0.6) is 17.2 Å². The number of pyridine rings is 1. The van der Waals surface area contributed by atoms with Crippen LogP contribution in [0.25, 0.3) is 11.0 Å². The summed E-state index contributed by atoms with van der Waals surface area (Å²) < 4.78 is 32.1. The number of amides is 1. The second-order valence-electron chi connectivity index (χ2n) is 13.8. The highest BCUT2D eigenvalue weighted by molar-refractivity contribution is 5.98. The van der Waals surface area contributed by atoms with Crippen molar-refractivity contribution in [1.29, 1.82) is 0 Å². The number of hydrogen-bond donors (Lipinski definition) is 0. The Labute approximate surface area is 303 Å². The van der Waals surface area contributed by atoms with Crippen LogP contribution in [-0.4, -0.2) is 90.1 Å². The molecular weight excluding hydrogens is 661 g/mol. The summed E-state index contributed by atoms with van der Waals surface area (Å²) in [6.07, 6.45) is 6.85. The van der Waals surface area contributed by atoms with E-state index in [2.05, 4.69) is 16.0 Å². The Bertz CT molecular complexity index is 2020. The molecule has 0 spiro atoms. The van der Waals surface area contributed by atoms with Crippen molar-refractivity contribution in [2.45, 2.75) is 37.6 Å². The van der Waals surface area contributed by atoms with E-state index in [1.165, 1.54) is 12.1 Å². The lowest BCUT2D eigenvalue weighted by molar-refractivity contribution is 0.0777. The van der Waals surface area contributed by atoms with Gasteiger partial charge in [0.25, 0.3) is 5.91 Å². The molecule has 1 amide bonds. The molecule has 2 saturated heterocycles. The van der Waals surface area contributed by atoms with Gasteiger partial charge < -0.3 is 28.6 Å². The molecule has 10 nitrogen and oxygen atoms in total. The van der Waals surface area contributed by atoms with Crippen LogP contribution in [0.2, 0.25) is 0 Å². The van der Waals surface area contributed by atoms with E-state index in [1.54, 1.807) is 51.8 Å². The fraction of sp³-hybridized carbons (Fsp3) is 0.366. The summed E-state index contributed by atoms with van der Waals surface area (Å²) in [7, 11) is 4.63. The first-order valence-electron chi connectivity index (χ1n) is 17.8. The van der Waals surface area contributed by atoms with Crippen LogP contribution in [0.1, 0.15) is 57.8 Å². The topological polar surface area (TPSA) is 99.0 Å². The maximum Gasteiger partial charge on any atom is 0.254 e. The van der Waals surface area contributed by atoms with Gasteiger partial charge in [0.1, 0.15) is 5.82 Å². The lowest BCUT2D eigenvalue weighted by atomic mass is 9.77. The lowest BCUT2D eigenvalue weighted by Gasteiger charge is -2.35. The molecule has 1 atom stereocenters. The van der Waals surface area contributed by atoms with E-state index in [0.717, 1.165) is 67.5 Å². The third-order valence-electron chi connectivity index (χ3n) is 10.8. The van der Waals surface area contributed by atoms with Crippen molar-refractivity contribution in [2.24, 2.45) is 5.92 Å². The monoisotopic (exact) mass is 705 g/mol. The van der Waals surface area contributed by atoms with Gasteiger partial charge in [-0.25, -0.2) is 9.37 Å². The number of imidazole rings is 1. The number of methoxy groups -OCH3 is 3. The zero-order chi connectivity index (χ0) is 36.2. The van der Waals surface area contributed by atoms with E-state index in [1.807, 2.05) is 46.0 Å². The van der Waals surface area contributed by atoms with Crippen molar-refractivity contribution in [1.82, 2.24) is 24.3 Å². The molecule has 1 unspecified atom stereocenters. The molecule has 2 aliphatic heterocycles. The van der Waals surface area contributed by atoms with Crippen LogP contribution in [0.15, 0.2) is 85.2 Å². The molecule has 52 heavy (non-hydrogen) atoms. The van der Waals surface area contributed by atoms with Gasteiger partial charge in [0.15, 0.2) is 17.3 Å². The summed E-state index contributed by atoms with van der Waals surface area (Å²) in [6, 6.07) is 21.7. The summed E-state index contributed by atoms with van der Waals surface area (Å²) in [5.74, 6) is 1.33. The minimum absolute atomic E-state index is 0.0570. The fourth-order valence-corrected chi connectivity index (χ4v) is 7.86. The number of rotatable bonds is 12. The van der Waals surface area contributed by atoms with E-state index < -0.39 is 0 Å². The predicted octanol–water partition coefficient (Wildman–Crippen LogP) is 6.41. The molecule has 7 rings (SSSR count). The molecule has 0 saturated carbocycles. The van der Waals surface area contributed by atoms with Crippen LogP contribution in [0.4, 0.5) is 4.39 Å². The lowest BCUT2D eigenvalue weighted by Crippen LogP contribution is -2.41. The van der Waals surface area contributed by atoms with Crippen LogP contribution in [0.3, 0.4) is 0 Å². The SMILES string of the molecule is COc1cc(C(=O)N2CCC(CCN3CCC(C(=O)c4nc5ccccc5n4Cc4ccc(F)cc4)CC3)(c3cccnc3)C2)cc(OC)c1OC. The van der Waals surface area contributed by atoms with Gasteiger partial charge in [-0.2, -0.15) is 0 Å². The number of ketones is 1. The Morgan fingerprint density at radius 2 is 1.63 bits per heavy atom. The number of benzene rings is 3. The van der Waals surface area contributed by atoms with Crippen molar-refractivity contribution in [2.75, 3.05) is 54.1 Å². The number of carbonyl (C=O) groups excluding carboxylic acids is 2. The van der Waals surface area contributed by atoms with Gasteiger partial charge >= 0.3 is 0 Å². The molecule has 3 aromatic carbocycles. The molecule has 2 fully saturated rings. The Morgan fingerprint density at radius 3 is 2.31 bits per heavy atom. The summed E-state index contributed by atoms with van der Waals surface area (Å²) in [5, 5.41) is 0. The summed E-state index contributed by atoms with van der Waals surface area (Å²) in [4.78, 5) is 41.6. The third-order valence-corrected chi connectivity index (χ3v) is 10.8. The van der Waals surface area contributed by atoms with Gasteiger partial charge in [0.05, 0.1) is 32.4 Å². The largest absolute Gasteiger partial charge is 0.493 e. The van der Waals surface area contributed by atoms with Crippen molar-refractivity contribution in [3.8, 4) is 17.2 Å². The van der Waals surface area contributed by atoms with E-state index in [0.29, 0.717) is 48.3 Å². The quantitative estimate of drug-likeness (QED) is 0.137. The van der Waals surface area contributed by atoms with E-state index in [4.69, 9.17) is 19.2 Å². The normalized spacial score (nSPS) is 18.1. The van der Waals surface area contributed by atoms with Crippen LogP contribution in [0, 0.1) is 11.7 Å². The van der Waals surface area contributed by atoms with Gasteiger partial charge in [-0.05, 0) is 98.9 Å². The van der Waals surface area contributed by atoms with Crippen molar-refractivity contribution >= 4 is 22.7 Å². The summed E-state index contributed by atoms with van der Waals surface area (Å²) >= 11 is 0. The molecule has 2 aliphatic rings. The first-order chi connectivity index (χ1) is 25.3. The Hall–Kier alpha value is -5.29. The molecule has 4 heterocycles. The second-order valence-corrected chi connectivity index (χ2v) is 13.8. The van der Waals surface area contributed by atoms with E-state index >= 15 is 0 Å². The standard InChI is InChI=1S/C41H44FN5O5/c1-50-35-23-30(24-36(51-2)38(35)52-3)40(49)46-22-17-41(27-46,31-7-6-18-43-25-31)16-21-45-19-14-29(15-20-45)37(48)39-44-33-8-4-5-9-34(33)47(39)26-28-10-12-32(42)13-11-28/h4-13,18,23-25,29H,14-17,19-22,26-27H2,1-3H3. The first kappa shape index (κ1) is 35.1. The number of halogens is 1. The zero-order valence-corrected chi connectivity index (χ0v) is 29.9. The summed E-state index contributed by atoms with van der Waals surface area (Å²) in [6.45, 7) is 4.05. The highest BCUT2D eigenvalue weighted by Crippen LogP contribution is 2.41. The average molecular weight is 706 g/mol. The Kier molecular flexibility index (Phi) is 10.2. The van der Waals surface area contributed by atoms with Gasteiger partial charge in [-0.1, -0.05) is 30.3 Å². The molecule has 11 heteroatoms. The molecule has 0 aliphatic carbocycles. The minimum atomic E-state index is -0.289. The number of para-hydroxylation sites is 2. The number of Topliss-reactive ketones (excluding diaryl/α,β-unsaturated/α-hetero) is 1. The maximum atomic E-state index is 14.0. The molecular formula is C41H44FN5O5. The number of ether oxygens (including phenoxy) is 3. The van der Waals surface area contributed by atoms with Crippen LogP contribution >= 0.6 is 0 Å². The number of aromatic nitrogens is 3. The van der Waals surface area contributed by atoms with Crippen molar-refractivity contribution in [3.05, 3.63) is 114 Å². The van der Waals surface area contributed by atoms with E-state index in [9.17, 15) is 14.0 Å². The molecule has 0 radical (unpaired) electrons. The number of carbonyl (C=O) groups is 2. The maximum absolute atomic E-state index is 14.0. The minimum Gasteiger partial charge on any atom is -0.493 e. The Morgan fingerprint density at radius 1 is 0.904 bits per heavy atom. The summed E-state index contributed by atoms with van der Waals surface area (Å²) in [5.41, 5.74) is 3.92. The van der Waals surface area contributed by atoms with Crippen LogP contribution in [-0.2, 0) is 12.0 Å². The zero-order valence-electron chi connectivity index (χ0n) is 29.9. The van der Waals surface area contributed by atoms with Crippen LogP contribution < -0.4 is 14.2 Å². The number of fused-ring (bicyclic) bond motifs is 1. The smallest absolute Gasteiger partial charge is 0.254 e. The van der Waals surface area contributed by atoms with Gasteiger partial charge in [-0.15, -0.1) is 0 Å². The molecule has 2 aromatic heterocycles. The average Bonchev–Trinajstić information content (AvgIpc) is 3.80. The predicted molar refractivity (Wildman–Crippen MR) is 196 cm³/mol. The fourth-order valence-electron chi connectivity index (χ4n) is 7.86. The number of piperidine rings is 1.